The molecular formula is C18H15FN4O2. The van der Waals surface area contributed by atoms with Gasteiger partial charge in [-0.3, -0.25) is 0 Å². The van der Waals surface area contributed by atoms with Crippen molar-refractivity contribution in [3.8, 4) is 23.4 Å². The van der Waals surface area contributed by atoms with Crippen LogP contribution in [0.2, 0.25) is 0 Å². The second kappa shape index (κ2) is 7.45. The fourth-order valence-corrected chi connectivity index (χ4v) is 2.24. The minimum absolute atomic E-state index is 0.273. The van der Waals surface area contributed by atoms with E-state index in [0.29, 0.717) is 28.7 Å². The molecule has 0 fully saturated rings. The Morgan fingerprint density at radius 3 is 2.68 bits per heavy atom. The van der Waals surface area contributed by atoms with Gasteiger partial charge in [0.2, 0.25) is 5.88 Å². The van der Waals surface area contributed by atoms with Crippen LogP contribution in [0.25, 0.3) is 5.69 Å². The van der Waals surface area contributed by atoms with Gasteiger partial charge in [-0.25, -0.2) is 14.4 Å². The Kier molecular flexibility index (Phi) is 4.90. The molecule has 7 heteroatoms. The van der Waals surface area contributed by atoms with E-state index in [2.05, 4.69) is 9.97 Å². The van der Waals surface area contributed by atoms with Gasteiger partial charge in [0.05, 0.1) is 11.3 Å². The standard InChI is InChI=1S/C18H15FN4O2/c1-13-21-6-7-23(13)17-10-15(3-4-16(17)19)24-8-9-25-18-5-2-14(11-20)12-22-18/h2-7,10,12H,8-9H2,1H3. The molecule has 0 saturated carbocycles. The van der Waals surface area contributed by atoms with Gasteiger partial charge >= 0.3 is 0 Å². The first-order valence-corrected chi connectivity index (χ1v) is 7.59. The molecule has 0 atom stereocenters. The van der Waals surface area contributed by atoms with Crippen molar-refractivity contribution in [1.29, 1.82) is 5.26 Å². The zero-order valence-electron chi connectivity index (χ0n) is 13.5. The van der Waals surface area contributed by atoms with Crippen LogP contribution in [0, 0.1) is 24.1 Å². The number of hydrogen-bond donors (Lipinski definition) is 0. The molecule has 0 radical (unpaired) electrons. The van der Waals surface area contributed by atoms with Gasteiger partial charge in [-0.15, -0.1) is 0 Å². The molecule has 0 spiro atoms. The lowest BCUT2D eigenvalue weighted by atomic mass is 10.3. The topological polar surface area (TPSA) is 73.0 Å². The van der Waals surface area contributed by atoms with Crippen molar-refractivity contribution in [2.45, 2.75) is 6.92 Å². The third-order valence-corrected chi connectivity index (χ3v) is 3.47. The molecular weight excluding hydrogens is 323 g/mol. The third-order valence-electron chi connectivity index (χ3n) is 3.47. The molecule has 3 rings (SSSR count). The van der Waals surface area contributed by atoms with Crippen LogP contribution < -0.4 is 9.47 Å². The van der Waals surface area contributed by atoms with Crippen LogP contribution in [-0.4, -0.2) is 27.7 Å². The van der Waals surface area contributed by atoms with E-state index in [1.54, 1.807) is 48.1 Å². The van der Waals surface area contributed by atoms with E-state index in [0.717, 1.165) is 0 Å². The molecule has 126 valence electrons. The second-order valence-electron chi connectivity index (χ2n) is 5.15. The van der Waals surface area contributed by atoms with E-state index in [1.165, 1.54) is 12.3 Å². The Hall–Kier alpha value is -3.40. The summed E-state index contributed by atoms with van der Waals surface area (Å²) in [5, 5.41) is 8.71. The van der Waals surface area contributed by atoms with Crippen molar-refractivity contribution in [2.75, 3.05) is 13.2 Å². The summed E-state index contributed by atoms with van der Waals surface area (Å²) in [5.74, 6) is 1.27. The molecule has 2 aromatic heterocycles. The maximum atomic E-state index is 14.0. The number of aromatic nitrogens is 3. The summed E-state index contributed by atoms with van der Waals surface area (Å²) in [6.07, 6.45) is 4.74. The fourth-order valence-electron chi connectivity index (χ4n) is 2.24. The summed E-state index contributed by atoms with van der Waals surface area (Å²) in [6, 6.07) is 9.77. The highest BCUT2D eigenvalue weighted by Crippen LogP contribution is 2.21. The van der Waals surface area contributed by atoms with Gasteiger partial charge in [-0.1, -0.05) is 0 Å². The molecule has 25 heavy (non-hydrogen) atoms. The number of rotatable bonds is 6. The second-order valence-corrected chi connectivity index (χ2v) is 5.15. The van der Waals surface area contributed by atoms with Crippen molar-refractivity contribution in [1.82, 2.24) is 14.5 Å². The normalized spacial score (nSPS) is 10.3. The maximum absolute atomic E-state index is 14.0. The Morgan fingerprint density at radius 1 is 1.16 bits per heavy atom. The lowest BCUT2D eigenvalue weighted by molar-refractivity contribution is 0.212. The third kappa shape index (κ3) is 3.93. The number of benzene rings is 1. The summed E-state index contributed by atoms with van der Waals surface area (Å²) in [5.41, 5.74) is 0.847. The molecule has 0 aliphatic heterocycles. The molecule has 1 aromatic carbocycles. The molecule has 0 aliphatic rings. The highest BCUT2D eigenvalue weighted by molar-refractivity contribution is 5.41. The van der Waals surface area contributed by atoms with Gasteiger partial charge in [-0.2, -0.15) is 5.26 Å². The van der Waals surface area contributed by atoms with Crippen LogP contribution >= 0.6 is 0 Å². The highest BCUT2D eigenvalue weighted by atomic mass is 19.1. The molecule has 6 nitrogen and oxygen atoms in total. The maximum Gasteiger partial charge on any atom is 0.213 e. The number of aryl methyl sites for hydroxylation is 1. The Labute approximate surface area is 144 Å². The Morgan fingerprint density at radius 2 is 2.00 bits per heavy atom. The van der Waals surface area contributed by atoms with Crippen LogP contribution in [0.5, 0.6) is 11.6 Å². The molecule has 0 unspecified atom stereocenters. The minimum atomic E-state index is -0.355. The molecule has 0 bridgehead atoms. The number of halogens is 1. The monoisotopic (exact) mass is 338 g/mol. The van der Waals surface area contributed by atoms with E-state index in [-0.39, 0.29) is 19.0 Å². The van der Waals surface area contributed by atoms with E-state index < -0.39 is 0 Å². The largest absolute Gasteiger partial charge is 0.490 e. The van der Waals surface area contributed by atoms with Gasteiger partial charge in [0.15, 0.2) is 0 Å². The van der Waals surface area contributed by atoms with Crippen LogP contribution in [0.3, 0.4) is 0 Å². The zero-order chi connectivity index (χ0) is 17.6. The van der Waals surface area contributed by atoms with Crippen molar-refractivity contribution < 1.29 is 13.9 Å². The van der Waals surface area contributed by atoms with Crippen LogP contribution in [0.1, 0.15) is 11.4 Å². The van der Waals surface area contributed by atoms with Gasteiger partial charge in [0.25, 0.3) is 0 Å². The van der Waals surface area contributed by atoms with Crippen molar-refractivity contribution in [3.63, 3.8) is 0 Å². The average Bonchev–Trinajstić information content (AvgIpc) is 3.06. The van der Waals surface area contributed by atoms with Gasteiger partial charge in [0.1, 0.15) is 36.7 Å². The first-order chi connectivity index (χ1) is 12.2. The quantitative estimate of drug-likeness (QED) is 0.646. The van der Waals surface area contributed by atoms with E-state index in [9.17, 15) is 4.39 Å². The van der Waals surface area contributed by atoms with Crippen molar-refractivity contribution in [2.24, 2.45) is 0 Å². The van der Waals surface area contributed by atoms with E-state index in [1.807, 2.05) is 6.07 Å². The van der Waals surface area contributed by atoms with Crippen LogP contribution in [-0.2, 0) is 0 Å². The molecule has 0 aliphatic carbocycles. The van der Waals surface area contributed by atoms with E-state index >= 15 is 0 Å². The average molecular weight is 338 g/mol. The number of nitrogens with zero attached hydrogens (tertiary/aromatic N) is 4. The van der Waals surface area contributed by atoms with Gasteiger partial charge < -0.3 is 14.0 Å². The molecule has 0 saturated heterocycles. The van der Waals surface area contributed by atoms with E-state index in [4.69, 9.17) is 14.7 Å². The smallest absolute Gasteiger partial charge is 0.213 e. The lowest BCUT2D eigenvalue weighted by Gasteiger charge is -2.11. The number of ether oxygens (including phenoxy) is 2. The zero-order valence-corrected chi connectivity index (χ0v) is 13.5. The van der Waals surface area contributed by atoms with Crippen molar-refractivity contribution in [3.05, 3.63) is 66.1 Å². The first-order valence-electron chi connectivity index (χ1n) is 7.59. The molecule has 3 aromatic rings. The molecule has 2 heterocycles. The SMILES string of the molecule is Cc1nccn1-c1cc(OCCOc2ccc(C#N)cn2)ccc1F. The Bertz CT molecular complexity index is 900. The molecule has 0 N–H and O–H groups in total. The fraction of sp³-hybridized carbons (Fsp3) is 0.167. The predicted molar refractivity (Wildman–Crippen MR) is 88.2 cm³/mol. The number of hydrogen-bond acceptors (Lipinski definition) is 5. The number of nitriles is 1. The van der Waals surface area contributed by atoms with Crippen molar-refractivity contribution >= 4 is 0 Å². The molecule has 0 amide bonds. The minimum Gasteiger partial charge on any atom is -0.490 e. The predicted octanol–water partition coefficient (Wildman–Crippen LogP) is 3.04. The first kappa shape index (κ1) is 16.5. The summed E-state index contributed by atoms with van der Waals surface area (Å²) in [6.45, 7) is 2.34. The van der Waals surface area contributed by atoms with Gasteiger partial charge in [-0.05, 0) is 25.1 Å². The van der Waals surface area contributed by atoms with Gasteiger partial charge in [0, 0.05) is 30.7 Å². The summed E-state index contributed by atoms with van der Waals surface area (Å²) < 4.78 is 26.7. The lowest BCUT2D eigenvalue weighted by Crippen LogP contribution is -2.10. The Balaban J connectivity index is 1.58. The highest BCUT2D eigenvalue weighted by Gasteiger charge is 2.09. The summed E-state index contributed by atoms with van der Waals surface area (Å²) in [4.78, 5) is 8.10. The summed E-state index contributed by atoms with van der Waals surface area (Å²) >= 11 is 0. The van der Waals surface area contributed by atoms with Crippen LogP contribution in [0.15, 0.2) is 48.9 Å². The summed E-state index contributed by atoms with van der Waals surface area (Å²) in [7, 11) is 0. The number of imidazole rings is 1. The number of pyridine rings is 1. The van der Waals surface area contributed by atoms with Crippen LogP contribution in [0.4, 0.5) is 4.39 Å².